The van der Waals surface area contributed by atoms with Crippen LogP contribution in [0.5, 0.6) is 5.75 Å². The second kappa shape index (κ2) is 4.90. The minimum Gasteiger partial charge on any atom is -0.507 e. The van der Waals surface area contributed by atoms with Crippen LogP contribution in [-0.4, -0.2) is 15.1 Å². The number of fused-ring (bicyclic) bond motifs is 1. The Labute approximate surface area is 110 Å². The molecule has 1 aromatic carbocycles. The number of nitrogens with zero attached hydrogens (tertiary/aromatic N) is 2. The molecule has 3 nitrogen and oxygen atoms in total. The largest absolute Gasteiger partial charge is 0.507 e. The molecule has 0 aliphatic carbocycles. The first kappa shape index (κ1) is 11.4. The van der Waals surface area contributed by atoms with Gasteiger partial charge in [-0.3, -0.25) is 0 Å². The molecule has 3 rings (SSSR count). The van der Waals surface area contributed by atoms with Crippen molar-refractivity contribution >= 4 is 23.2 Å². The number of rotatable bonds is 2. The van der Waals surface area contributed by atoms with Crippen molar-refractivity contribution in [2.75, 3.05) is 0 Å². The zero-order chi connectivity index (χ0) is 13.1. The highest BCUT2D eigenvalue weighted by molar-refractivity contribution is 5.78. The third kappa shape index (κ3) is 2.45. The average Bonchev–Trinajstić information content (AvgIpc) is 2.46. The molecule has 19 heavy (non-hydrogen) atoms. The van der Waals surface area contributed by atoms with Crippen LogP contribution in [-0.2, 0) is 0 Å². The maximum absolute atomic E-state index is 9.68. The minimum atomic E-state index is 0.262. The molecule has 3 heteroatoms. The minimum absolute atomic E-state index is 0.262. The summed E-state index contributed by atoms with van der Waals surface area (Å²) in [5, 5.41) is 10.7. The molecule has 0 unspecified atom stereocenters. The first-order valence-electron chi connectivity index (χ1n) is 6.01. The van der Waals surface area contributed by atoms with Gasteiger partial charge in [-0.1, -0.05) is 18.2 Å². The quantitative estimate of drug-likeness (QED) is 0.755. The molecule has 0 radical (unpaired) electrons. The summed E-state index contributed by atoms with van der Waals surface area (Å²) in [5.74, 6) is 0.262. The molecule has 1 N–H and O–H groups in total. The van der Waals surface area contributed by atoms with Crippen LogP contribution in [0, 0.1) is 0 Å². The van der Waals surface area contributed by atoms with Gasteiger partial charge >= 0.3 is 0 Å². The van der Waals surface area contributed by atoms with E-state index in [1.54, 1.807) is 18.3 Å². The third-order valence-electron chi connectivity index (χ3n) is 2.86. The van der Waals surface area contributed by atoms with Crippen LogP contribution in [0.2, 0.25) is 0 Å². The van der Waals surface area contributed by atoms with Crippen LogP contribution in [0.25, 0.3) is 23.2 Å². The molecule has 0 saturated carbocycles. The second-order valence-electron chi connectivity index (χ2n) is 4.18. The van der Waals surface area contributed by atoms with Gasteiger partial charge in [0.25, 0.3) is 0 Å². The normalized spacial score (nSPS) is 11.2. The first-order valence-corrected chi connectivity index (χ1v) is 6.01. The maximum atomic E-state index is 9.68. The Morgan fingerprint density at radius 3 is 2.68 bits per heavy atom. The summed E-state index contributed by atoms with van der Waals surface area (Å²) in [5.41, 5.74) is 2.31. The molecule has 3 aromatic rings. The van der Waals surface area contributed by atoms with Crippen LogP contribution in [0.1, 0.15) is 11.3 Å². The number of phenols is 1. The number of benzene rings is 1. The maximum Gasteiger partial charge on any atom is 0.159 e. The molecule has 0 atom stereocenters. The van der Waals surface area contributed by atoms with Gasteiger partial charge in [0.05, 0.1) is 5.69 Å². The zero-order valence-corrected chi connectivity index (χ0v) is 10.2. The number of aromatic hydroxyl groups is 1. The summed E-state index contributed by atoms with van der Waals surface area (Å²) >= 11 is 0. The van der Waals surface area contributed by atoms with E-state index in [0.717, 1.165) is 22.3 Å². The Morgan fingerprint density at radius 1 is 0.895 bits per heavy atom. The molecule has 0 spiro atoms. The van der Waals surface area contributed by atoms with Gasteiger partial charge in [-0.15, -0.1) is 0 Å². The standard InChI is InChI=1S/C16H12N2O/c19-15-6-2-1-4-12(15)7-9-14-10-8-13-5-3-11-17-16(13)18-14/h1-11,19H. The molecule has 0 fully saturated rings. The van der Waals surface area contributed by atoms with Crippen molar-refractivity contribution in [3.05, 3.63) is 66.0 Å². The van der Waals surface area contributed by atoms with E-state index in [4.69, 9.17) is 0 Å². The van der Waals surface area contributed by atoms with E-state index in [0.29, 0.717) is 0 Å². The van der Waals surface area contributed by atoms with E-state index >= 15 is 0 Å². The topological polar surface area (TPSA) is 46.0 Å². The highest BCUT2D eigenvalue weighted by Gasteiger charge is 1.97. The lowest BCUT2D eigenvalue weighted by Crippen LogP contribution is -1.85. The Morgan fingerprint density at radius 2 is 1.79 bits per heavy atom. The lowest BCUT2D eigenvalue weighted by Gasteiger charge is -1.99. The third-order valence-corrected chi connectivity index (χ3v) is 2.86. The molecule has 0 bridgehead atoms. The molecule has 0 amide bonds. The van der Waals surface area contributed by atoms with Crippen molar-refractivity contribution in [2.24, 2.45) is 0 Å². The molecule has 92 valence electrons. The van der Waals surface area contributed by atoms with Crippen LogP contribution < -0.4 is 0 Å². The molecular formula is C16H12N2O. The summed E-state index contributed by atoms with van der Waals surface area (Å²) in [6.07, 6.45) is 5.43. The highest BCUT2D eigenvalue weighted by Crippen LogP contribution is 2.18. The lowest BCUT2D eigenvalue weighted by molar-refractivity contribution is 0.474. The summed E-state index contributed by atoms with van der Waals surface area (Å²) in [4.78, 5) is 8.66. The van der Waals surface area contributed by atoms with Crippen molar-refractivity contribution in [1.29, 1.82) is 0 Å². The number of hydrogen-bond acceptors (Lipinski definition) is 3. The van der Waals surface area contributed by atoms with Crippen molar-refractivity contribution < 1.29 is 5.11 Å². The molecular weight excluding hydrogens is 236 g/mol. The Hall–Kier alpha value is -2.68. The SMILES string of the molecule is Oc1ccccc1C=Cc1ccc2cccnc2n1. The van der Waals surface area contributed by atoms with E-state index in [1.807, 2.05) is 48.6 Å². The number of para-hydroxylation sites is 1. The summed E-state index contributed by atoms with van der Waals surface area (Å²) in [6, 6.07) is 15.0. The van der Waals surface area contributed by atoms with Gasteiger partial charge in [-0.2, -0.15) is 0 Å². The smallest absolute Gasteiger partial charge is 0.159 e. The van der Waals surface area contributed by atoms with Crippen LogP contribution >= 0.6 is 0 Å². The summed E-state index contributed by atoms with van der Waals surface area (Å²) in [7, 11) is 0. The van der Waals surface area contributed by atoms with Gasteiger partial charge in [-0.25, -0.2) is 9.97 Å². The van der Waals surface area contributed by atoms with Gasteiger partial charge in [-0.05, 0) is 42.5 Å². The monoisotopic (exact) mass is 248 g/mol. The molecule has 2 heterocycles. The summed E-state index contributed by atoms with van der Waals surface area (Å²) < 4.78 is 0. The second-order valence-corrected chi connectivity index (χ2v) is 4.18. The van der Waals surface area contributed by atoms with Gasteiger partial charge in [0.2, 0.25) is 0 Å². The van der Waals surface area contributed by atoms with Crippen molar-refractivity contribution in [1.82, 2.24) is 9.97 Å². The van der Waals surface area contributed by atoms with Gasteiger partial charge in [0.15, 0.2) is 5.65 Å². The van der Waals surface area contributed by atoms with Gasteiger partial charge in [0, 0.05) is 17.1 Å². The predicted molar refractivity (Wildman–Crippen MR) is 76.6 cm³/mol. The van der Waals surface area contributed by atoms with Crippen LogP contribution in [0.3, 0.4) is 0 Å². The number of phenolic OH excluding ortho intramolecular Hbond substituents is 1. The fourth-order valence-electron chi connectivity index (χ4n) is 1.86. The molecule has 0 aliphatic rings. The number of hydrogen-bond donors (Lipinski definition) is 1. The van der Waals surface area contributed by atoms with E-state index in [9.17, 15) is 5.11 Å². The van der Waals surface area contributed by atoms with Crippen molar-refractivity contribution in [3.8, 4) is 5.75 Å². The molecule has 0 aliphatic heterocycles. The Bertz CT molecular complexity index is 750. The van der Waals surface area contributed by atoms with Crippen molar-refractivity contribution in [3.63, 3.8) is 0 Å². The lowest BCUT2D eigenvalue weighted by atomic mass is 10.1. The molecule has 0 saturated heterocycles. The zero-order valence-electron chi connectivity index (χ0n) is 10.2. The average molecular weight is 248 g/mol. The van der Waals surface area contributed by atoms with E-state index < -0.39 is 0 Å². The van der Waals surface area contributed by atoms with E-state index in [-0.39, 0.29) is 5.75 Å². The first-order chi connectivity index (χ1) is 9.33. The predicted octanol–water partition coefficient (Wildman–Crippen LogP) is 3.51. The van der Waals surface area contributed by atoms with Crippen molar-refractivity contribution in [2.45, 2.75) is 0 Å². The Balaban J connectivity index is 1.95. The molecule has 2 aromatic heterocycles. The highest BCUT2D eigenvalue weighted by atomic mass is 16.3. The Kier molecular flexibility index (Phi) is 2.94. The fourth-order valence-corrected chi connectivity index (χ4v) is 1.86. The van der Waals surface area contributed by atoms with Gasteiger partial charge < -0.3 is 5.11 Å². The van der Waals surface area contributed by atoms with Crippen LogP contribution in [0.15, 0.2) is 54.7 Å². The van der Waals surface area contributed by atoms with E-state index in [1.165, 1.54) is 0 Å². The number of pyridine rings is 2. The number of aromatic nitrogens is 2. The fraction of sp³-hybridized carbons (Fsp3) is 0. The van der Waals surface area contributed by atoms with E-state index in [2.05, 4.69) is 9.97 Å². The summed E-state index contributed by atoms with van der Waals surface area (Å²) in [6.45, 7) is 0. The van der Waals surface area contributed by atoms with Crippen LogP contribution in [0.4, 0.5) is 0 Å². The van der Waals surface area contributed by atoms with Gasteiger partial charge in [0.1, 0.15) is 5.75 Å².